The molecule has 0 unspecified atom stereocenters. The van der Waals surface area contributed by atoms with Gasteiger partial charge in [-0.05, 0) is 51.8 Å². The van der Waals surface area contributed by atoms with Crippen LogP contribution in [0.25, 0.3) is 0 Å². The maximum absolute atomic E-state index is 12.3. The number of anilines is 2. The van der Waals surface area contributed by atoms with E-state index >= 15 is 0 Å². The van der Waals surface area contributed by atoms with Crippen LogP contribution in [0.15, 0.2) is 82.2 Å². The van der Waals surface area contributed by atoms with Crippen molar-refractivity contribution in [2.45, 2.75) is 13.1 Å². The molecule has 2 aromatic carbocycles. The van der Waals surface area contributed by atoms with Crippen molar-refractivity contribution in [3.8, 4) is 0 Å². The second-order valence-electron chi connectivity index (χ2n) is 7.66. The van der Waals surface area contributed by atoms with E-state index in [1.54, 1.807) is 12.3 Å². The second kappa shape index (κ2) is 9.94. The summed E-state index contributed by atoms with van der Waals surface area (Å²) in [6.45, 7) is 4.96. The Balaban J connectivity index is 1.29. The third kappa shape index (κ3) is 5.83. The Morgan fingerprint density at radius 1 is 0.903 bits per heavy atom. The molecule has 1 aliphatic rings. The Morgan fingerprint density at radius 3 is 2.32 bits per heavy atom. The first kappa shape index (κ1) is 21.3. The lowest BCUT2D eigenvalue weighted by atomic mass is 10.2. The number of halogens is 1. The van der Waals surface area contributed by atoms with E-state index in [9.17, 15) is 9.59 Å². The molecule has 160 valence electrons. The molecule has 31 heavy (non-hydrogen) atoms. The minimum absolute atomic E-state index is 0.0244. The fraction of sp³-hybridized carbons (Fsp3) is 0.250. The van der Waals surface area contributed by atoms with Crippen molar-refractivity contribution in [1.29, 1.82) is 0 Å². The van der Waals surface area contributed by atoms with Gasteiger partial charge in [0.2, 0.25) is 5.91 Å². The molecule has 1 aliphatic heterocycles. The molecule has 7 heteroatoms. The Labute approximate surface area is 190 Å². The number of amides is 1. The molecule has 2 heterocycles. The van der Waals surface area contributed by atoms with Crippen molar-refractivity contribution in [3.05, 3.63) is 93.3 Å². The third-order valence-electron chi connectivity index (χ3n) is 5.40. The summed E-state index contributed by atoms with van der Waals surface area (Å²) >= 11 is 3.32. The topological polar surface area (TPSA) is 57.6 Å². The summed E-state index contributed by atoms with van der Waals surface area (Å²) < 4.78 is 2.14. The number of rotatable bonds is 6. The van der Waals surface area contributed by atoms with Crippen LogP contribution in [0.4, 0.5) is 11.4 Å². The molecule has 0 radical (unpaired) electrons. The van der Waals surface area contributed by atoms with Crippen LogP contribution in [0.5, 0.6) is 0 Å². The van der Waals surface area contributed by atoms with Crippen LogP contribution in [0.2, 0.25) is 0 Å². The number of hydrogen-bond acceptors (Lipinski definition) is 4. The first-order valence-corrected chi connectivity index (χ1v) is 11.1. The molecule has 1 fully saturated rings. The Morgan fingerprint density at radius 2 is 1.61 bits per heavy atom. The lowest BCUT2D eigenvalue weighted by Crippen LogP contribution is -2.45. The van der Waals surface area contributed by atoms with Gasteiger partial charge in [0, 0.05) is 60.8 Å². The van der Waals surface area contributed by atoms with Crippen LogP contribution in [-0.4, -0.2) is 41.6 Å². The highest BCUT2D eigenvalue weighted by molar-refractivity contribution is 9.10. The minimum atomic E-state index is -0.234. The zero-order valence-corrected chi connectivity index (χ0v) is 18.8. The van der Waals surface area contributed by atoms with Crippen molar-refractivity contribution in [2.24, 2.45) is 0 Å². The van der Waals surface area contributed by atoms with Crippen LogP contribution in [0, 0.1) is 0 Å². The second-order valence-corrected chi connectivity index (χ2v) is 8.57. The zero-order chi connectivity index (χ0) is 21.6. The number of nitrogens with zero attached hydrogens (tertiary/aromatic N) is 3. The third-order valence-corrected chi connectivity index (χ3v) is 5.87. The lowest BCUT2D eigenvalue weighted by molar-refractivity contribution is -0.116. The number of nitrogens with one attached hydrogen (secondary N) is 1. The number of hydrogen-bond donors (Lipinski definition) is 1. The van der Waals surface area contributed by atoms with Crippen LogP contribution >= 0.6 is 15.9 Å². The van der Waals surface area contributed by atoms with Crippen molar-refractivity contribution in [3.63, 3.8) is 0 Å². The largest absolute Gasteiger partial charge is 0.369 e. The lowest BCUT2D eigenvalue weighted by Gasteiger charge is -2.36. The Bertz CT molecular complexity index is 1070. The number of aromatic nitrogens is 1. The summed E-state index contributed by atoms with van der Waals surface area (Å²) in [4.78, 5) is 29.0. The standard InChI is InChI=1S/C24H25BrN4O2/c25-20-6-11-24(31)29(17-20)18-23(30)26-21-7-9-22(10-8-21)28-14-12-27(13-15-28)16-19-4-2-1-3-5-19/h1-11,17H,12-16,18H2,(H,26,30). The van der Waals surface area contributed by atoms with Gasteiger partial charge in [-0.1, -0.05) is 30.3 Å². The van der Waals surface area contributed by atoms with E-state index < -0.39 is 0 Å². The maximum atomic E-state index is 12.3. The highest BCUT2D eigenvalue weighted by Crippen LogP contribution is 2.20. The van der Waals surface area contributed by atoms with Gasteiger partial charge in [-0.2, -0.15) is 0 Å². The fourth-order valence-corrected chi connectivity index (χ4v) is 4.12. The van der Waals surface area contributed by atoms with E-state index in [2.05, 4.69) is 55.3 Å². The van der Waals surface area contributed by atoms with E-state index in [4.69, 9.17) is 0 Å². The fourth-order valence-electron chi connectivity index (χ4n) is 3.74. The number of benzene rings is 2. The molecular weight excluding hydrogens is 456 g/mol. The monoisotopic (exact) mass is 480 g/mol. The SMILES string of the molecule is O=C(Cn1cc(Br)ccc1=O)Nc1ccc(N2CCN(Cc3ccccc3)CC2)cc1. The van der Waals surface area contributed by atoms with E-state index in [0.29, 0.717) is 0 Å². The first-order chi connectivity index (χ1) is 15.1. The van der Waals surface area contributed by atoms with Gasteiger partial charge in [-0.25, -0.2) is 0 Å². The van der Waals surface area contributed by atoms with E-state index in [1.807, 2.05) is 30.3 Å². The van der Waals surface area contributed by atoms with Crippen LogP contribution in [0.3, 0.4) is 0 Å². The van der Waals surface area contributed by atoms with Crippen LogP contribution in [-0.2, 0) is 17.9 Å². The van der Waals surface area contributed by atoms with Gasteiger partial charge in [0.25, 0.3) is 5.56 Å². The number of piperazine rings is 1. The zero-order valence-electron chi connectivity index (χ0n) is 17.2. The quantitative estimate of drug-likeness (QED) is 0.585. The molecule has 3 aromatic rings. The van der Waals surface area contributed by atoms with E-state index in [-0.39, 0.29) is 18.0 Å². The van der Waals surface area contributed by atoms with Gasteiger partial charge < -0.3 is 14.8 Å². The van der Waals surface area contributed by atoms with Crippen molar-refractivity contribution < 1.29 is 4.79 Å². The van der Waals surface area contributed by atoms with Crippen LogP contribution < -0.4 is 15.8 Å². The summed E-state index contributed by atoms with van der Waals surface area (Å²) in [7, 11) is 0. The van der Waals surface area contributed by atoms with Crippen LogP contribution in [0.1, 0.15) is 5.56 Å². The molecule has 0 spiro atoms. The van der Waals surface area contributed by atoms with E-state index in [1.165, 1.54) is 16.2 Å². The van der Waals surface area contributed by atoms with Gasteiger partial charge >= 0.3 is 0 Å². The molecule has 1 saturated heterocycles. The Kier molecular flexibility index (Phi) is 6.84. The molecule has 0 atom stereocenters. The molecule has 1 amide bonds. The average molecular weight is 481 g/mol. The van der Waals surface area contributed by atoms with Gasteiger partial charge in [0.15, 0.2) is 0 Å². The summed E-state index contributed by atoms with van der Waals surface area (Å²) in [5.41, 5.74) is 3.02. The molecule has 1 N–H and O–H groups in total. The minimum Gasteiger partial charge on any atom is -0.369 e. The highest BCUT2D eigenvalue weighted by atomic mass is 79.9. The van der Waals surface area contributed by atoms with Gasteiger partial charge in [0.05, 0.1) is 0 Å². The summed E-state index contributed by atoms with van der Waals surface area (Å²) in [5, 5.41) is 2.86. The van der Waals surface area contributed by atoms with Gasteiger partial charge in [-0.15, -0.1) is 0 Å². The molecule has 4 rings (SSSR count). The molecular formula is C24H25BrN4O2. The normalized spacial score (nSPS) is 14.4. The smallest absolute Gasteiger partial charge is 0.251 e. The van der Waals surface area contributed by atoms with Gasteiger partial charge in [0.1, 0.15) is 6.54 Å². The summed E-state index contributed by atoms with van der Waals surface area (Å²) in [5.74, 6) is -0.234. The molecule has 0 saturated carbocycles. The highest BCUT2D eigenvalue weighted by Gasteiger charge is 2.17. The molecule has 0 bridgehead atoms. The van der Waals surface area contributed by atoms with Crippen molar-refractivity contribution in [2.75, 3.05) is 36.4 Å². The predicted octanol–water partition coefficient (Wildman–Crippen LogP) is 3.57. The average Bonchev–Trinajstić information content (AvgIpc) is 2.78. The number of pyridine rings is 1. The predicted molar refractivity (Wildman–Crippen MR) is 127 cm³/mol. The number of carbonyl (C=O) groups excluding carboxylic acids is 1. The molecule has 0 aliphatic carbocycles. The van der Waals surface area contributed by atoms with Crippen molar-refractivity contribution in [1.82, 2.24) is 9.47 Å². The maximum Gasteiger partial charge on any atom is 0.251 e. The number of carbonyl (C=O) groups is 1. The summed E-state index contributed by atoms with van der Waals surface area (Å²) in [6.07, 6.45) is 1.61. The Hall–Kier alpha value is -2.90. The first-order valence-electron chi connectivity index (χ1n) is 10.3. The van der Waals surface area contributed by atoms with E-state index in [0.717, 1.165) is 48.6 Å². The van der Waals surface area contributed by atoms with Gasteiger partial charge in [-0.3, -0.25) is 14.5 Å². The summed E-state index contributed by atoms with van der Waals surface area (Å²) in [6, 6.07) is 21.6. The molecule has 1 aromatic heterocycles. The van der Waals surface area contributed by atoms with Crippen molar-refractivity contribution >= 4 is 33.2 Å². The molecule has 6 nitrogen and oxygen atoms in total.